The van der Waals surface area contributed by atoms with E-state index < -0.39 is 0 Å². The summed E-state index contributed by atoms with van der Waals surface area (Å²) in [5.74, 6) is 1.05. The van der Waals surface area contributed by atoms with Crippen LogP contribution < -0.4 is 10.6 Å². The molecule has 1 aromatic carbocycles. The molecule has 2 N–H and O–H groups in total. The summed E-state index contributed by atoms with van der Waals surface area (Å²) >= 11 is 1.49. The number of nitrogens with one attached hydrogen (secondary N) is 2. The quantitative estimate of drug-likeness (QED) is 0.623. The zero-order valence-corrected chi connectivity index (χ0v) is 16.3. The summed E-state index contributed by atoms with van der Waals surface area (Å²) in [5, 5.41) is 8.23. The summed E-state index contributed by atoms with van der Waals surface area (Å²) in [6.45, 7) is 7.06. The van der Waals surface area contributed by atoms with Crippen LogP contribution in [0.15, 0.2) is 54.0 Å². The lowest BCUT2D eigenvalue weighted by atomic mass is 10.2. The van der Waals surface area contributed by atoms with Gasteiger partial charge in [-0.05, 0) is 30.8 Å². The maximum Gasteiger partial charge on any atom is 0.326 e. The van der Waals surface area contributed by atoms with Crippen molar-refractivity contribution in [3.63, 3.8) is 0 Å². The van der Waals surface area contributed by atoms with E-state index in [9.17, 15) is 4.79 Å². The third-order valence-corrected chi connectivity index (χ3v) is 5.02. The Balaban J connectivity index is 1.60. The topological polar surface area (TPSA) is 70.2 Å². The minimum Gasteiger partial charge on any atom is -0.300 e. The van der Waals surface area contributed by atoms with Gasteiger partial charge in [-0.2, -0.15) is 0 Å². The number of urea groups is 1. The molecule has 0 radical (unpaired) electrons. The summed E-state index contributed by atoms with van der Waals surface area (Å²) in [4.78, 5) is 23.3. The summed E-state index contributed by atoms with van der Waals surface area (Å²) in [7, 11) is 0. The Bertz CT molecular complexity index is 877. The third-order valence-electron chi connectivity index (χ3n) is 4.13. The van der Waals surface area contributed by atoms with Gasteiger partial charge in [-0.15, -0.1) is 11.3 Å². The van der Waals surface area contributed by atoms with Crippen molar-refractivity contribution in [2.24, 2.45) is 0 Å². The Hall–Kier alpha value is -2.77. The average molecular weight is 382 g/mol. The molecule has 27 heavy (non-hydrogen) atoms. The number of thiazole rings is 1. The van der Waals surface area contributed by atoms with Crippen molar-refractivity contribution in [3.8, 4) is 10.6 Å². The van der Waals surface area contributed by atoms with Gasteiger partial charge in [0.15, 0.2) is 0 Å². The molecule has 0 aliphatic heterocycles. The molecule has 0 spiro atoms. The summed E-state index contributed by atoms with van der Waals surface area (Å²) < 4.78 is 0. The van der Waals surface area contributed by atoms with Gasteiger partial charge in [0, 0.05) is 23.7 Å². The molecule has 3 rings (SSSR count). The Morgan fingerprint density at radius 3 is 2.56 bits per heavy atom. The molecule has 0 atom stereocenters. The lowest BCUT2D eigenvalue weighted by Crippen LogP contribution is -2.23. The first-order valence-electron chi connectivity index (χ1n) is 8.94. The number of amides is 2. The monoisotopic (exact) mass is 381 g/mol. The van der Waals surface area contributed by atoms with Gasteiger partial charge in [0.05, 0.1) is 0 Å². The van der Waals surface area contributed by atoms with E-state index >= 15 is 0 Å². The van der Waals surface area contributed by atoms with E-state index in [4.69, 9.17) is 0 Å². The molecule has 0 fully saturated rings. The normalized spacial score (nSPS) is 10.8. The molecule has 2 amide bonds. The molecule has 3 aromatic rings. The van der Waals surface area contributed by atoms with Crippen molar-refractivity contribution in [1.29, 1.82) is 0 Å². The summed E-state index contributed by atoms with van der Waals surface area (Å²) in [6, 6.07) is 13.4. The van der Waals surface area contributed by atoms with Gasteiger partial charge in [0.2, 0.25) is 0 Å². The van der Waals surface area contributed by atoms with Crippen molar-refractivity contribution < 1.29 is 4.79 Å². The van der Waals surface area contributed by atoms with Gasteiger partial charge < -0.3 is 0 Å². The van der Waals surface area contributed by atoms with E-state index in [1.54, 1.807) is 6.20 Å². The van der Waals surface area contributed by atoms with Crippen LogP contribution >= 0.6 is 11.3 Å². The van der Waals surface area contributed by atoms with Gasteiger partial charge in [0.1, 0.15) is 16.6 Å². The van der Waals surface area contributed by atoms with Crippen LogP contribution in [0.3, 0.4) is 0 Å². The number of carbonyl (C=O) groups is 1. The Morgan fingerprint density at radius 2 is 1.81 bits per heavy atom. The van der Waals surface area contributed by atoms with Gasteiger partial charge in [-0.3, -0.25) is 15.5 Å². The van der Waals surface area contributed by atoms with Crippen molar-refractivity contribution >= 4 is 29.0 Å². The number of nitrogens with zero attached hydrogens (tertiary/aromatic N) is 3. The van der Waals surface area contributed by atoms with Crippen LogP contribution in [0.2, 0.25) is 0 Å². The van der Waals surface area contributed by atoms with Crippen LogP contribution in [0.1, 0.15) is 19.4 Å². The Labute approximate surface area is 163 Å². The number of rotatable bonds is 7. The maximum atomic E-state index is 12.3. The molecule has 0 saturated carbocycles. The average Bonchev–Trinajstić information content (AvgIpc) is 3.15. The van der Waals surface area contributed by atoms with E-state index in [0.717, 1.165) is 35.8 Å². The highest BCUT2D eigenvalue weighted by Gasteiger charge is 2.09. The molecule has 0 saturated heterocycles. The lowest BCUT2D eigenvalue weighted by Gasteiger charge is -2.18. The predicted molar refractivity (Wildman–Crippen MR) is 111 cm³/mol. The van der Waals surface area contributed by atoms with Gasteiger partial charge in [0.25, 0.3) is 0 Å². The van der Waals surface area contributed by atoms with Crippen molar-refractivity contribution in [3.05, 3.63) is 59.6 Å². The molecule has 0 aliphatic rings. The zero-order valence-electron chi connectivity index (χ0n) is 15.5. The second-order valence-corrected chi connectivity index (χ2v) is 6.85. The molecule has 140 valence electrons. The van der Waals surface area contributed by atoms with Crippen LogP contribution in [0.4, 0.5) is 16.4 Å². The van der Waals surface area contributed by atoms with Gasteiger partial charge >= 0.3 is 6.03 Å². The first-order valence-corrected chi connectivity index (χ1v) is 9.82. The fourth-order valence-electron chi connectivity index (χ4n) is 2.65. The summed E-state index contributed by atoms with van der Waals surface area (Å²) in [6.07, 6.45) is 1.71. The van der Waals surface area contributed by atoms with Gasteiger partial charge in [-0.1, -0.05) is 44.2 Å². The number of anilines is 2. The molecular formula is C20H23N5OS. The highest BCUT2D eigenvalue weighted by atomic mass is 32.1. The van der Waals surface area contributed by atoms with Crippen LogP contribution in [0.25, 0.3) is 10.6 Å². The van der Waals surface area contributed by atoms with Crippen LogP contribution in [0.5, 0.6) is 0 Å². The van der Waals surface area contributed by atoms with E-state index in [0.29, 0.717) is 11.6 Å². The Kier molecular flexibility index (Phi) is 6.51. The van der Waals surface area contributed by atoms with Gasteiger partial charge in [-0.25, -0.2) is 14.8 Å². The number of hydrogen-bond acceptors (Lipinski definition) is 5. The molecule has 0 aliphatic carbocycles. The van der Waals surface area contributed by atoms with Crippen LogP contribution in [-0.2, 0) is 6.54 Å². The van der Waals surface area contributed by atoms with Crippen molar-refractivity contribution in [1.82, 2.24) is 14.9 Å². The lowest BCUT2D eigenvalue weighted by molar-refractivity contribution is 0.262. The fraction of sp³-hybridized carbons (Fsp3) is 0.250. The molecule has 2 heterocycles. The largest absolute Gasteiger partial charge is 0.326 e. The van der Waals surface area contributed by atoms with E-state index in [1.165, 1.54) is 11.3 Å². The molecule has 0 unspecified atom stereocenters. The van der Waals surface area contributed by atoms with E-state index in [1.807, 2.05) is 47.8 Å². The molecule has 0 bridgehead atoms. The predicted octanol–water partition coefficient (Wildman–Crippen LogP) is 4.69. The van der Waals surface area contributed by atoms with E-state index in [2.05, 4.69) is 39.3 Å². The third kappa shape index (κ3) is 5.35. The first kappa shape index (κ1) is 19.0. The highest BCUT2D eigenvalue weighted by molar-refractivity contribution is 7.13. The SMILES string of the molecule is CCN(CC)Cc1ccnc(NC(=O)Nc2csc(-c3ccccc3)n2)c1. The molecule has 7 heteroatoms. The number of aromatic nitrogens is 2. The van der Waals surface area contributed by atoms with Crippen LogP contribution in [0, 0.1) is 0 Å². The van der Waals surface area contributed by atoms with E-state index in [-0.39, 0.29) is 6.03 Å². The van der Waals surface area contributed by atoms with Crippen LogP contribution in [-0.4, -0.2) is 34.0 Å². The maximum absolute atomic E-state index is 12.3. The fourth-order valence-corrected chi connectivity index (χ4v) is 3.41. The first-order chi connectivity index (χ1) is 13.2. The minimum atomic E-state index is -0.354. The molecular weight excluding hydrogens is 358 g/mol. The zero-order chi connectivity index (χ0) is 19.1. The minimum absolute atomic E-state index is 0.354. The second kappa shape index (κ2) is 9.25. The molecule has 6 nitrogen and oxygen atoms in total. The summed E-state index contributed by atoms with van der Waals surface area (Å²) in [5.41, 5.74) is 2.14. The van der Waals surface area contributed by atoms with Crippen molar-refractivity contribution in [2.45, 2.75) is 20.4 Å². The molecule has 2 aromatic heterocycles. The second-order valence-electron chi connectivity index (χ2n) is 5.99. The van der Waals surface area contributed by atoms with Crippen molar-refractivity contribution in [2.75, 3.05) is 23.7 Å². The highest BCUT2D eigenvalue weighted by Crippen LogP contribution is 2.25. The number of pyridine rings is 1. The standard InChI is InChI=1S/C20H23N5OS/c1-3-25(4-2)13-15-10-11-21-17(12-15)23-20(26)24-18-14-27-19(22-18)16-8-6-5-7-9-16/h5-12,14H,3-4,13H2,1-2H3,(H2,21,23,24,26). The smallest absolute Gasteiger partial charge is 0.300 e. The number of benzene rings is 1. The number of hydrogen-bond donors (Lipinski definition) is 2. The Morgan fingerprint density at radius 1 is 1.07 bits per heavy atom. The number of carbonyl (C=O) groups excluding carboxylic acids is 1.